The smallest absolute Gasteiger partial charge is 0.240 e. The van der Waals surface area contributed by atoms with Crippen LogP contribution in [0.15, 0.2) is 57.9 Å². The molecule has 0 fully saturated rings. The van der Waals surface area contributed by atoms with Gasteiger partial charge in [-0.3, -0.25) is 4.79 Å². The van der Waals surface area contributed by atoms with Gasteiger partial charge in [-0.25, -0.2) is 17.5 Å². The molecule has 0 unspecified atom stereocenters. The summed E-state index contributed by atoms with van der Waals surface area (Å²) >= 11 is 3.22. The summed E-state index contributed by atoms with van der Waals surface area (Å²) in [6.07, 6.45) is 0.0129. The Kier molecular flexibility index (Phi) is 6.69. The van der Waals surface area contributed by atoms with Crippen LogP contribution >= 0.6 is 15.9 Å². The lowest BCUT2D eigenvalue weighted by molar-refractivity contribution is -0.130. The van der Waals surface area contributed by atoms with Gasteiger partial charge in [0.15, 0.2) is 0 Å². The Balaban J connectivity index is 1.87. The van der Waals surface area contributed by atoms with Crippen LogP contribution in [0.4, 0.5) is 4.39 Å². The predicted molar refractivity (Wildman–Crippen MR) is 96.8 cm³/mol. The van der Waals surface area contributed by atoms with E-state index in [1.807, 2.05) is 0 Å². The third-order valence-electron chi connectivity index (χ3n) is 3.47. The molecule has 134 valence electrons. The molecule has 8 heteroatoms. The molecule has 2 aromatic rings. The molecule has 25 heavy (non-hydrogen) atoms. The molecule has 0 saturated carbocycles. The van der Waals surface area contributed by atoms with Gasteiger partial charge < -0.3 is 4.90 Å². The fourth-order valence-corrected chi connectivity index (χ4v) is 3.83. The zero-order valence-corrected chi connectivity index (χ0v) is 16.0. The van der Waals surface area contributed by atoms with E-state index in [1.54, 1.807) is 31.3 Å². The molecule has 1 amide bonds. The molecule has 2 rings (SSSR count). The number of hydrogen-bond donors (Lipinski definition) is 1. The van der Waals surface area contributed by atoms with E-state index in [0.29, 0.717) is 10.0 Å². The van der Waals surface area contributed by atoms with Crippen LogP contribution in [0.2, 0.25) is 0 Å². The summed E-state index contributed by atoms with van der Waals surface area (Å²) in [6, 6.07) is 12.3. The average Bonchev–Trinajstić information content (AvgIpc) is 2.54. The zero-order chi connectivity index (χ0) is 18.4. The second kappa shape index (κ2) is 8.55. The summed E-state index contributed by atoms with van der Waals surface area (Å²) in [7, 11) is -2.08. The molecule has 0 saturated heterocycles. The normalized spacial score (nSPS) is 11.3. The Labute approximate surface area is 155 Å². The number of benzene rings is 2. The quantitative estimate of drug-likeness (QED) is 0.736. The lowest BCUT2D eigenvalue weighted by Gasteiger charge is -2.17. The molecule has 0 aliphatic carbocycles. The van der Waals surface area contributed by atoms with Crippen LogP contribution in [-0.4, -0.2) is 32.8 Å². The van der Waals surface area contributed by atoms with Crippen LogP contribution in [0.1, 0.15) is 12.0 Å². The maximum Gasteiger partial charge on any atom is 0.240 e. The van der Waals surface area contributed by atoms with Gasteiger partial charge in [-0.05, 0) is 35.9 Å². The maximum atomic E-state index is 13.2. The third-order valence-corrected chi connectivity index (χ3v) is 5.42. The van der Waals surface area contributed by atoms with Crippen molar-refractivity contribution in [2.24, 2.45) is 0 Å². The number of carbonyl (C=O) groups is 1. The molecular weight excluding hydrogens is 411 g/mol. The lowest BCUT2D eigenvalue weighted by atomic mass is 10.2. The van der Waals surface area contributed by atoms with E-state index < -0.39 is 10.0 Å². The van der Waals surface area contributed by atoms with Crippen molar-refractivity contribution >= 4 is 31.9 Å². The molecule has 5 nitrogen and oxygen atoms in total. The van der Waals surface area contributed by atoms with Gasteiger partial charge in [0.2, 0.25) is 15.9 Å². The summed E-state index contributed by atoms with van der Waals surface area (Å²) in [5.74, 6) is -0.596. The number of amides is 1. The van der Waals surface area contributed by atoms with E-state index in [2.05, 4.69) is 20.7 Å². The molecule has 0 bridgehead atoms. The monoisotopic (exact) mass is 428 g/mol. The van der Waals surface area contributed by atoms with E-state index in [-0.39, 0.29) is 36.1 Å². The fraction of sp³-hybridized carbons (Fsp3) is 0.235. The largest absolute Gasteiger partial charge is 0.341 e. The first-order valence-corrected chi connectivity index (χ1v) is 9.79. The highest BCUT2D eigenvalue weighted by atomic mass is 79.9. The van der Waals surface area contributed by atoms with Gasteiger partial charge in [0.05, 0.1) is 4.90 Å². The highest BCUT2D eigenvalue weighted by molar-refractivity contribution is 9.10. The summed E-state index contributed by atoms with van der Waals surface area (Å²) < 4.78 is 40.5. The van der Waals surface area contributed by atoms with Crippen LogP contribution in [0.3, 0.4) is 0 Å². The molecule has 0 radical (unpaired) electrons. The van der Waals surface area contributed by atoms with Crippen molar-refractivity contribution in [3.63, 3.8) is 0 Å². The molecule has 0 aliphatic rings. The number of hydrogen-bond acceptors (Lipinski definition) is 3. The van der Waals surface area contributed by atoms with Crippen molar-refractivity contribution in [2.75, 3.05) is 13.6 Å². The summed E-state index contributed by atoms with van der Waals surface area (Å²) in [5, 5.41) is 0. The van der Waals surface area contributed by atoms with Crippen molar-refractivity contribution in [1.29, 1.82) is 0 Å². The van der Waals surface area contributed by atoms with Gasteiger partial charge in [0.1, 0.15) is 5.82 Å². The zero-order valence-electron chi connectivity index (χ0n) is 13.6. The molecule has 0 heterocycles. The van der Waals surface area contributed by atoms with E-state index in [4.69, 9.17) is 0 Å². The Morgan fingerprint density at radius 3 is 2.60 bits per heavy atom. The van der Waals surface area contributed by atoms with Gasteiger partial charge in [-0.1, -0.05) is 34.1 Å². The van der Waals surface area contributed by atoms with Crippen LogP contribution in [0.5, 0.6) is 0 Å². The minimum Gasteiger partial charge on any atom is -0.341 e. The van der Waals surface area contributed by atoms with E-state index in [9.17, 15) is 17.6 Å². The minimum absolute atomic E-state index is 0.0127. The Hall–Kier alpha value is -1.77. The van der Waals surface area contributed by atoms with Gasteiger partial charge >= 0.3 is 0 Å². The number of nitrogens with one attached hydrogen (secondary N) is 1. The van der Waals surface area contributed by atoms with Crippen molar-refractivity contribution < 1.29 is 17.6 Å². The van der Waals surface area contributed by atoms with E-state index in [0.717, 1.165) is 0 Å². The van der Waals surface area contributed by atoms with Crippen molar-refractivity contribution in [2.45, 2.75) is 17.9 Å². The van der Waals surface area contributed by atoms with Crippen molar-refractivity contribution in [3.05, 3.63) is 64.4 Å². The predicted octanol–water partition coefficient (Wildman–Crippen LogP) is 2.92. The first kappa shape index (κ1) is 19.6. The maximum absolute atomic E-state index is 13.2. The second-order valence-electron chi connectivity index (χ2n) is 5.48. The molecule has 0 spiro atoms. The van der Waals surface area contributed by atoms with Crippen LogP contribution in [-0.2, 0) is 21.4 Å². The summed E-state index contributed by atoms with van der Waals surface area (Å²) in [4.78, 5) is 13.7. The Bertz CT molecular complexity index is 858. The van der Waals surface area contributed by atoms with E-state index in [1.165, 1.54) is 29.2 Å². The van der Waals surface area contributed by atoms with Crippen molar-refractivity contribution in [3.8, 4) is 0 Å². The first-order chi connectivity index (χ1) is 11.8. The van der Waals surface area contributed by atoms with Crippen molar-refractivity contribution in [1.82, 2.24) is 9.62 Å². The summed E-state index contributed by atoms with van der Waals surface area (Å²) in [6.45, 7) is 0.246. The minimum atomic E-state index is -3.67. The van der Waals surface area contributed by atoms with Crippen LogP contribution < -0.4 is 4.72 Å². The number of rotatable bonds is 7. The molecule has 0 aromatic heterocycles. The number of sulfonamides is 1. The van der Waals surface area contributed by atoms with E-state index >= 15 is 0 Å². The summed E-state index contributed by atoms with van der Waals surface area (Å²) in [5.41, 5.74) is 0.672. The van der Waals surface area contributed by atoms with Gasteiger partial charge in [0, 0.05) is 31.0 Å². The van der Waals surface area contributed by atoms with Crippen LogP contribution in [0, 0.1) is 5.82 Å². The SMILES string of the molecule is CN(Cc1cccc(F)c1)C(=O)CCNS(=O)(=O)c1cccc(Br)c1. The highest BCUT2D eigenvalue weighted by Crippen LogP contribution is 2.15. The Morgan fingerprint density at radius 1 is 1.20 bits per heavy atom. The first-order valence-electron chi connectivity index (χ1n) is 7.51. The van der Waals surface area contributed by atoms with Gasteiger partial charge in [0.25, 0.3) is 0 Å². The average molecular weight is 429 g/mol. The molecule has 1 N–H and O–H groups in total. The second-order valence-corrected chi connectivity index (χ2v) is 8.17. The molecule has 0 aliphatic heterocycles. The van der Waals surface area contributed by atoms with Crippen LogP contribution in [0.25, 0.3) is 0 Å². The number of nitrogens with zero attached hydrogens (tertiary/aromatic N) is 1. The highest BCUT2D eigenvalue weighted by Gasteiger charge is 2.15. The standard InChI is InChI=1S/C17H18BrFN2O3S/c1-21(12-13-4-2-6-15(19)10-13)17(22)8-9-20-25(23,24)16-7-3-5-14(18)11-16/h2-7,10-11,20H,8-9,12H2,1H3. The Morgan fingerprint density at radius 2 is 1.92 bits per heavy atom. The fourth-order valence-electron chi connectivity index (χ4n) is 2.20. The van der Waals surface area contributed by atoms with Gasteiger partial charge in [-0.2, -0.15) is 0 Å². The van der Waals surface area contributed by atoms with Gasteiger partial charge in [-0.15, -0.1) is 0 Å². The molecular formula is C17H18BrFN2O3S. The third kappa shape index (κ3) is 5.91. The lowest BCUT2D eigenvalue weighted by Crippen LogP contribution is -2.32. The topological polar surface area (TPSA) is 66.5 Å². The molecule has 2 aromatic carbocycles. The molecule has 0 atom stereocenters. The number of carbonyl (C=O) groups excluding carboxylic acids is 1. The number of halogens is 2.